The molecule has 0 aliphatic rings. The smallest absolute Gasteiger partial charge is 0.137 e. The molecular formula is C16H16BrFO2. The van der Waals surface area contributed by atoms with E-state index in [0.29, 0.717) is 4.47 Å². The number of hydrogen-bond acceptors (Lipinski definition) is 2. The van der Waals surface area contributed by atoms with Gasteiger partial charge in [0.15, 0.2) is 0 Å². The minimum absolute atomic E-state index is 0.285. The summed E-state index contributed by atoms with van der Waals surface area (Å²) in [4.78, 5) is 0. The first-order valence-corrected chi connectivity index (χ1v) is 7.12. The first-order chi connectivity index (χ1) is 9.49. The van der Waals surface area contributed by atoms with Crippen LogP contribution in [0.25, 0.3) is 0 Å². The zero-order valence-electron chi connectivity index (χ0n) is 11.4. The van der Waals surface area contributed by atoms with Gasteiger partial charge in [0, 0.05) is 5.56 Å². The Hall–Kier alpha value is -1.39. The topological polar surface area (TPSA) is 29.5 Å². The lowest BCUT2D eigenvalue weighted by molar-refractivity contribution is 0.199. The number of ether oxygens (including phenoxy) is 1. The zero-order chi connectivity index (χ0) is 14.7. The summed E-state index contributed by atoms with van der Waals surface area (Å²) in [6, 6.07) is 10.4. The Morgan fingerprint density at radius 3 is 2.70 bits per heavy atom. The fourth-order valence-corrected chi connectivity index (χ4v) is 2.29. The highest BCUT2D eigenvalue weighted by Crippen LogP contribution is 2.26. The molecule has 2 rings (SSSR count). The van der Waals surface area contributed by atoms with Gasteiger partial charge in [0.1, 0.15) is 18.2 Å². The van der Waals surface area contributed by atoms with Crippen LogP contribution in [0.2, 0.25) is 0 Å². The minimum atomic E-state index is -0.500. The molecule has 0 radical (unpaired) electrons. The third-order valence-corrected chi connectivity index (χ3v) is 3.98. The average Bonchev–Trinajstić information content (AvgIpc) is 2.41. The molecule has 0 bridgehead atoms. The number of aliphatic hydroxyl groups excluding tert-OH is 1. The van der Waals surface area contributed by atoms with Crippen LogP contribution in [0.15, 0.2) is 40.9 Å². The highest BCUT2D eigenvalue weighted by atomic mass is 79.9. The molecule has 0 unspecified atom stereocenters. The minimum Gasteiger partial charge on any atom is -0.489 e. The molecule has 0 fully saturated rings. The lowest BCUT2D eigenvalue weighted by Gasteiger charge is -2.13. The molecule has 1 atom stereocenters. The van der Waals surface area contributed by atoms with Crippen LogP contribution < -0.4 is 4.74 Å². The fourth-order valence-electron chi connectivity index (χ4n) is 1.91. The van der Waals surface area contributed by atoms with Gasteiger partial charge in [-0.3, -0.25) is 0 Å². The van der Waals surface area contributed by atoms with Gasteiger partial charge >= 0.3 is 0 Å². The van der Waals surface area contributed by atoms with Gasteiger partial charge < -0.3 is 9.84 Å². The Morgan fingerprint density at radius 1 is 1.30 bits per heavy atom. The molecule has 0 aromatic heterocycles. The monoisotopic (exact) mass is 338 g/mol. The summed E-state index contributed by atoms with van der Waals surface area (Å²) in [5.41, 5.74) is 2.54. The number of benzene rings is 2. The van der Waals surface area contributed by atoms with Gasteiger partial charge in [-0.25, -0.2) is 4.39 Å². The van der Waals surface area contributed by atoms with E-state index >= 15 is 0 Å². The van der Waals surface area contributed by atoms with Crippen LogP contribution >= 0.6 is 15.9 Å². The van der Waals surface area contributed by atoms with Crippen LogP contribution in [0.4, 0.5) is 4.39 Å². The van der Waals surface area contributed by atoms with E-state index in [1.165, 1.54) is 6.07 Å². The summed E-state index contributed by atoms with van der Waals surface area (Å²) in [6.07, 6.45) is -0.500. The van der Waals surface area contributed by atoms with E-state index in [1.54, 1.807) is 13.0 Å². The van der Waals surface area contributed by atoms with Crippen LogP contribution in [0.5, 0.6) is 5.75 Å². The van der Waals surface area contributed by atoms with Crippen LogP contribution in [0, 0.1) is 12.7 Å². The standard InChI is InChI=1S/C16H16BrFO2/c1-10-8-12(11(2)19)6-7-15(10)20-9-13-4-3-5-14(18)16(13)17/h3-8,11,19H,9H2,1-2H3/t11-/m1/s1. The van der Waals surface area contributed by atoms with Crippen molar-refractivity contribution in [2.24, 2.45) is 0 Å². The Balaban J connectivity index is 2.13. The SMILES string of the molecule is Cc1cc([C@@H](C)O)ccc1OCc1cccc(F)c1Br. The van der Waals surface area contributed by atoms with Crippen molar-refractivity contribution in [2.45, 2.75) is 26.6 Å². The largest absolute Gasteiger partial charge is 0.489 e. The molecule has 0 aliphatic heterocycles. The molecular weight excluding hydrogens is 323 g/mol. The molecule has 20 heavy (non-hydrogen) atoms. The molecule has 2 aromatic rings. The second-order valence-corrected chi connectivity index (χ2v) is 5.50. The van der Waals surface area contributed by atoms with Crippen molar-refractivity contribution in [1.82, 2.24) is 0 Å². The zero-order valence-corrected chi connectivity index (χ0v) is 12.9. The normalized spacial score (nSPS) is 12.2. The summed E-state index contributed by atoms with van der Waals surface area (Å²) in [7, 11) is 0. The van der Waals surface area contributed by atoms with Crippen molar-refractivity contribution in [3.05, 3.63) is 63.4 Å². The summed E-state index contributed by atoms with van der Waals surface area (Å²) in [5, 5.41) is 9.53. The van der Waals surface area contributed by atoms with Crippen molar-refractivity contribution < 1.29 is 14.2 Å². The van der Waals surface area contributed by atoms with Gasteiger partial charge in [-0.15, -0.1) is 0 Å². The van der Waals surface area contributed by atoms with Crippen molar-refractivity contribution in [2.75, 3.05) is 0 Å². The molecule has 106 valence electrons. The van der Waals surface area contributed by atoms with E-state index in [-0.39, 0.29) is 12.4 Å². The number of aliphatic hydroxyl groups is 1. The second kappa shape index (κ2) is 6.37. The first kappa shape index (κ1) is 15.0. The Labute approximate surface area is 126 Å². The fraction of sp³-hybridized carbons (Fsp3) is 0.250. The molecule has 2 aromatic carbocycles. The van der Waals surface area contributed by atoms with E-state index in [4.69, 9.17) is 4.74 Å². The van der Waals surface area contributed by atoms with Gasteiger partial charge in [0.05, 0.1) is 10.6 Å². The van der Waals surface area contributed by atoms with Crippen molar-refractivity contribution in [3.8, 4) is 5.75 Å². The van der Waals surface area contributed by atoms with E-state index in [0.717, 1.165) is 22.4 Å². The second-order valence-electron chi connectivity index (χ2n) is 4.70. The maximum Gasteiger partial charge on any atom is 0.137 e. The highest BCUT2D eigenvalue weighted by molar-refractivity contribution is 9.10. The van der Waals surface area contributed by atoms with Crippen molar-refractivity contribution in [3.63, 3.8) is 0 Å². The van der Waals surface area contributed by atoms with Crippen molar-refractivity contribution in [1.29, 1.82) is 0 Å². The molecule has 0 amide bonds. The predicted octanol–water partition coefficient (Wildman–Crippen LogP) is 4.53. The molecule has 0 saturated heterocycles. The van der Waals surface area contributed by atoms with Gasteiger partial charge in [-0.2, -0.15) is 0 Å². The number of rotatable bonds is 4. The summed E-state index contributed by atoms with van der Waals surface area (Å²) in [6.45, 7) is 3.92. The Bertz CT molecular complexity index is 611. The number of aryl methyl sites for hydroxylation is 1. The maximum absolute atomic E-state index is 13.4. The summed E-state index contributed by atoms with van der Waals surface area (Å²) < 4.78 is 19.5. The van der Waals surface area contributed by atoms with E-state index < -0.39 is 6.10 Å². The molecule has 0 heterocycles. The number of halogens is 2. The van der Waals surface area contributed by atoms with Crippen LogP contribution in [0.3, 0.4) is 0 Å². The molecule has 0 saturated carbocycles. The summed E-state index contributed by atoms with van der Waals surface area (Å²) >= 11 is 3.21. The van der Waals surface area contributed by atoms with E-state index in [1.807, 2.05) is 31.2 Å². The molecule has 2 nitrogen and oxygen atoms in total. The van der Waals surface area contributed by atoms with Gasteiger partial charge in [-0.05, 0) is 59.1 Å². The quantitative estimate of drug-likeness (QED) is 0.887. The van der Waals surface area contributed by atoms with Crippen LogP contribution in [-0.4, -0.2) is 5.11 Å². The van der Waals surface area contributed by atoms with E-state index in [2.05, 4.69) is 15.9 Å². The van der Waals surface area contributed by atoms with E-state index in [9.17, 15) is 9.50 Å². The lowest BCUT2D eigenvalue weighted by Crippen LogP contribution is -2.00. The lowest BCUT2D eigenvalue weighted by atomic mass is 10.1. The predicted molar refractivity (Wildman–Crippen MR) is 80.2 cm³/mol. The molecule has 4 heteroatoms. The van der Waals surface area contributed by atoms with Crippen LogP contribution in [-0.2, 0) is 6.61 Å². The van der Waals surface area contributed by atoms with Gasteiger partial charge in [-0.1, -0.05) is 18.2 Å². The Kier molecular flexibility index (Phi) is 4.78. The highest BCUT2D eigenvalue weighted by Gasteiger charge is 2.08. The Morgan fingerprint density at radius 2 is 2.05 bits per heavy atom. The molecule has 0 aliphatic carbocycles. The first-order valence-electron chi connectivity index (χ1n) is 6.33. The third kappa shape index (κ3) is 3.38. The van der Waals surface area contributed by atoms with Crippen molar-refractivity contribution >= 4 is 15.9 Å². The average molecular weight is 339 g/mol. The van der Waals surface area contributed by atoms with Gasteiger partial charge in [0.2, 0.25) is 0 Å². The summed E-state index contributed by atoms with van der Waals surface area (Å²) in [5.74, 6) is 0.429. The van der Waals surface area contributed by atoms with Crippen LogP contribution in [0.1, 0.15) is 29.7 Å². The molecule has 1 N–H and O–H groups in total. The number of hydrogen-bond donors (Lipinski definition) is 1. The molecule has 0 spiro atoms. The maximum atomic E-state index is 13.4. The third-order valence-electron chi connectivity index (χ3n) is 3.10. The van der Waals surface area contributed by atoms with Gasteiger partial charge in [0.25, 0.3) is 0 Å².